The Labute approximate surface area is 142 Å². The third kappa shape index (κ3) is 3.05. The molecular formula is C14H20N6O5. The molecule has 2 fully saturated rings. The van der Waals surface area contributed by atoms with Crippen molar-refractivity contribution in [1.82, 2.24) is 24.6 Å². The number of hydroxylamine groups is 2. The smallest absolute Gasteiger partial charge is 0.167 e. The number of rotatable bonds is 4. The SMILES string of the molecule is Nc1ncnc2c1ncn2[C@@H]1O[C@H](CON2CCOCC2)[C@@H](O)[C@H]1O. The minimum atomic E-state index is -1.15. The lowest BCUT2D eigenvalue weighted by Gasteiger charge is -2.27. The number of nitrogens with two attached hydrogens (primary N) is 1. The van der Waals surface area contributed by atoms with Crippen LogP contribution in [-0.4, -0.2) is 86.0 Å². The summed E-state index contributed by atoms with van der Waals surface area (Å²) in [4.78, 5) is 17.8. The van der Waals surface area contributed by atoms with Crippen molar-refractivity contribution in [1.29, 1.82) is 0 Å². The third-order valence-electron chi connectivity index (χ3n) is 4.39. The Morgan fingerprint density at radius 2 is 2.00 bits per heavy atom. The van der Waals surface area contributed by atoms with Crippen molar-refractivity contribution in [3.8, 4) is 0 Å². The first-order valence-electron chi connectivity index (χ1n) is 8.05. The van der Waals surface area contributed by atoms with E-state index in [2.05, 4.69) is 15.0 Å². The highest BCUT2D eigenvalue weighted by Gasteiger charge is 2.44. The standard InChI is InChI=1S/C14H20N6O5/c15-12-9-13(17-6-16-12)20(7-18-9)14-11(22)10(21)8(25-14)5-24-19-1-3-23-4-2-19/h6-8,10-11,14,21-22H,1-5H2,(H2,15,16,17)/t8-,10-,11-,14-/m1/s1. The van der Waals surface area contributed by atoms with Crippen LogP contribution in [0.25, 0.3) is 11.2 Å². The van der Waals surface area contributed by atoms with E-state index in [0.29, 0.717) is 37.5 Å². The van der Waals surface area contributed by atoms with E-state index in [4.69, 9.17) is 20.0 Å². The van der Waals surface area contributed by atoms with Crippen molar-refractivity contribution >= 4 is 17.0 Å². The maximum Gasteiger partial charge on any atom is 0.167 e. The van der Waals surface area contributed by atoms with E-state index < -0.39 is 24.5 Å². The molecule has 0 unspecified atom stereocenters. The Balaban J connectivity index is 1.48. The van der Waals surface area contributed by atoms with Crippen LogP contribution in [0, 0.1) is 0 Å². The second kappa shape index (κ2) is 6.78. The van der Waals surface area contributed by atoms with Gasteiger partial charge in [-0.2, -0.15) is 5.06 Å². The summed E-state index contributed by atoms with van der Waals surface area (Å²) in [5, 5.41) is 22.4. The Morgan fingerprint density at radius 1 is 1.20 bits per heavy atom. The topological polar surface area (TPSA) is 141 Å². The zero-order chi connectivity index (χ0) is 17.4. The van der Waals surface area contributed by atoms with Gasteiger partial charge in [-0.15, -0.1) is 0 Å². The molecule has 25 heavy (non-hydrogen) atoms. The lowest BCUT2D eigenvalue weighted by Crippen LogP contribution is -2.40. The molecule has 4 N–H and O–H groups in total. The van der Waals surface area contributed by atoms with E-state index in [-0.39, 0.29) is 12.4 Å². The molecule has 0 spiro atoms. The first kappa shape index (κ1) is 16.6. The molecule has 2 aliphatic rings. The average molecular weight is 352 g/mol. The predicted molar refractivity (Wildman–Crippen MR) is 84.0 cm³/mol. The number of imidazole rings is 1. The fourth-order valence-corrected chi connectivity index (χ4v) is 3.01. The second-order valence-electron chi connectivity index (χ2n) is 5.97. The molecule has 4 heterocycles. The largest absolute Gasteiger partial charge is 0.387 e. The molecule has 2 aromatic rings. The summed E-state index contributed by atoms with van der Waals surface area (Å²) in [5.41, 5.74) is 6.62. The van der Waals surface area contributed by atoms with Gasteiger partial charge >= 0.3 is 0 Å². The van der Waals surface area contributed by atoms with Gasteiger partial charge in [0.15, 0.2) is 17.7 Å². The molecule has 0 bridgehead atoms. The lowest BCUT2D eigenvalue weighted by molar-refractivity contribution is -0.217. The summed E-state index contributed by atoms with van der Waals surface area (Å²) in [6.07, 6.45) is -0.990. The van der Waals surface area contributed by atoms with Crippen molar-refractivity contribution < 1.29 is 24.5 Å². The summed E-state index contributed by atoms with van der Waals surface area (Å²) in [5.74, 6) is 0.240. The summed E-state index contributed by atoms with van der Waals surface area (Å²) in [7, 11) is 0. The molecule has 4 atom stereocenters. The highest BCUT2D eigenvalue weighted by Crippen LogP contribution is 2.32. The van der Waals surface area contributed by atoms with Crippen molar-refractivity contribution in [2.45, 2.75) is 24.5 Å². The molecule has 0 amide bonds. The number of hydrogen-bond acceptors (Lipinski definition) is 10. The van der Waals surface area contributed by atoms with E-state index in [1.165, 1.54) is 17.2 Å². The van der Waals surface area contributed by atoms with E-state index in [0.717, 1.165) is 0 Å². The lowest BCUT2D eigenvalue weighted by atomic mass is 10.1. The Morgan fingerprint density at radius 3 is 2.80 bits per heavy atom. The van der Waals surface area contributed by atoms with Crippen LogP contribution in [0.4, 0.5) is 5.82 Å². The van der Waals surface area contributed by atoms with Gasteiger partial charge in [-0.3, -0.25) is 9.40 Å². The normalized spacial score (nSPS) is 31.0. The van der Waals surface area contributed by atoms with Gasteiger partial charge in [-0.25, -0.2) is 15.0 Å². The number of aromatic nitrogens is 4. The van der Waals surface area contributed by atoms with Crippen molar-refractivity contribution in [3.05, 3.63) is 12.7 Å². The molecule has 0 aliphatic carbocycles. The van der Waals surface area contributed by atoms with E-state index in [1.54, 1.807) is 5.06 Å². The van der Waals surface area contributed by atoms with Crippen LogP contribution in [0.3, 0.4) is 0 Å². The minimum absolute atomic E-state index is 0.123. The fraction of sp³-hybridized carbons (Fsp3) is 0.643. The van der Waals surface area contributed by atoms with Crippen LogP contribution in [-0.2, 0) is 14.3 Å². The van der Waals surface area contributed by atoms with Crippen LogP contribution >= 0.6 is 0 Å². The van der Waals surface area contributed by atoms with Crippen LogP contribution in [0.15, 0.2) is 12.7 Å². The monoisotopic (exact) mass is 352 g/mol. The fourth-order valence-electron chi connectivity index (χ4n) is 3.01. The molecule has 0 radical (unpaired) electrons. The minimum Gasteiger partial charge on any atom is -0.387 e. The van der Waals surface area contributed by atoms with Gasteiger partial charge in [0.25, 0.3) is 0 Å². The highest BCUT2D eigenvalue weighted by molar-refractivity contribution is 5.81. The number of ether oxygens (including phenoxy) is 2. The summed E-state index contributed by atoms with van der Waals surface area (Å²) in [6.45, 7) is 2.62. The van der Waals surface area contributed by atoms with Gasteiger partial charge in [-0.05, 0) is 0 Å². The number of morpholine rings is 1. The highest BCUT2D eigenvalue weighted by atomic mass is 16.7. The van der Waals surface area contributed by atoms with E-state index in [1.807, 2.05) is 0 Å². The van der Waals surface area contributed by atoms with Gasteiger partial charge in [0.05, 0.1) is 26.1 Å². The van der Waals surface area contributed by atoms with Gasteiger partial charge in [0.2, 0.25) is 0 Å². The zero-order valence-electron chi connectivity index (χ0n) is 13.4. The Hall–Kier alpha value is -1.89. The summed E-state index contributed by atoms with van der Waals surface area (Å²) in [6, 6.07) is 0. The number of nitrogens with zero attached hydrogens (tertiary/aromatic N) is 5. The molecule has 0 saturated carbocycles. The summed E-state index contributed by atoms with van der Waals surface area (Å²) >= 11 is 0. The van der Waals surface area contributed by atoms with Crippen LogP contribution in [0.1, 0.15) is 6.23 Å². The number of nitrogen functional groups attached to an aromatic ring is 1. The molecule has 2 aromatic heterocycles. The predicted octanol–water partition coefficient (Wildman–Crippen LogP) is -1.71. The van der Waals surface area contributed by atoms with Crippen molar-refractivity contribution in [3.63, 3.8) is 0 Å². The quantitative estimate of drug-likeness (QED) is 0.582. The van der Waals surface area contributed by atoms with Gasteiger partial charge < -0.3 is 25.4 Å². The number of fused-ring (bicyclic) bond motifs is 1. The number of hydrogen-bond donors (Lipinski definition) is 3. The molecule has 2 saturated heterocycles. The summed E-state index contributed by atoms with van der Waals surface area (Å²) < 4.78 is 12.6. The molecule has 2 aliphatic heterocycles. The molecule has 0 aromatic carbocycles. The van der Waals surface area contributed by atoms with Crippen LogP contribution in [0.2, 0.25) is 0 Å². The zero-order valence-corrected chi connectivity index (χ0v) is 13.4. The number of aliphatic hydroxyl groups excluding tert-OH is 2. The second-order valence-corrected chi connectivity index (χ2v) is 5.97. The number of anilines is 1. The van der Waals surface area contributed by atoms with Gasteiger partial charge in [0.1, 0.15) is 30.2 Å². The van der Waals surface area contributed by atoms with Gasteiger partial charge in [-0.1, -0.05) is 0 Å². The molecule has 4 rings (SSSR count). The Bertz CT molecular complexity index is 736. The maximum absolute atomic E-state index is 10.4. The maximum atomic E-state index is 10.4. The van der Waals surface area contributed by atoms with Crippen molar-refractivity contribution in [2.75, 3.05) is 38.6 Å². The average Bonchev–Trinajstić information content (AvgIpc) is 3.18. The van der Waals surface area contributed by atoms with Crippen LogP contribution in [0.5, 0.6) is 0 Å². The van der Waals surface area contributed by atoms with Gasteiger partial charge in [0, 0.05) is 13.1 Å². The van der Waals surface area contributed by atoms with E-state index in [9.17, 15) is 10.2 Å². The third-order valence-corrected chi connectivity index (χ3v) is 4.39. The molecule has 11 heteroatoms. The van der Waals surface area contributed by atoms with Crippen molar-refractivity contribution in [2.24, 2.45) is 0 Å². The number of aliphatic hydroxyl groups is 2. The van der Waals surface area contributed by atoms with Crippen LogP contribution < -0.4 is 5.73 Å². The van der Waals surface area contributed by atoms with E-state index >= 15 is 0 Å². The first-order valence-corrected chi connectivity index (χ1v) is 8.05. The molecular weight excluding hydrogens is 332 g/mol. The molecule has 136 valence electrons. The first-order chi connectivity index (χ1) is 12.1. The Kier molecular flexibility index (Phi) is 4.50. The molecule has 11 nitrogen and oxygen atoms in total.